The fraction of sp³-hybridized carbons (Fsp3) is 0.842. The quantitative estimate of drug-likeness (QED) is 0.304. The Labute approximate surface area is 191 Å². The van der Waals surface area contributed by atoms with Gasteiger partial charge in [0, 0.05) is 63.8 Å². The van der Waals surface area contributed by atoms with Gasteiger partial charge in [0.1, 0.15) is 5.82 Å². The summed E-state index contributed by atoms with van der Waals surface area (Å²) in [7, 11) is 0. The molecule has 162 valence electrons. The molecule has 2 heterocycles. The third-order valence-corrected chi connectivity index (χ3v) is 5.57. The number of aromatic nitrogens is 2. The van der Waals surface area contributed by atoms with Gasteiger partial charge in [0.25, 0.3) is 0 Å². The normalized spacial score (nSPS) is 16.3. The summed E-state index contributed by atoms with van der Waals surface area (Å²) in [6, 6.07) is 0. The molecule has 9 heteroatoms. The number of hydrogen-bond acceptors (Lipinski definition) is 6. The highest BCUT2D eigenvalue weighted by Gasteiger charge is 2.22. The smallest absolute Gasteiger partial charge is 0.205 e. The van der Waals surface area contributed by atoms with E-state index in [-0.39, 0.29) is 30.1 Å². The molecular formula is C19H37IN6OS. The Morgan fingerprint density at radius 2 is 1.93 bits per heavy atom. The fourth-order valence-electron chi connectivity index (χ4n) is 3.17. The zero-order valence-electron chi connectivity index (χ0n) is 18.0. The molecule has 1 fully saturated rings. The van der Waals surface area contributed by atoms with E-state index in [4.69, 9.17) is 9.73 Å². The third kappa shape index (κ3) is 7.62. The molecular weight excluding hydrogens is 487 g/mol. The summed E-state index contributed by atoms with van der Waals surface area (Å²) in [6.45, 7) is 17.0. The number of anilines is 1. The Balaban J connectivity index is 0.00000392. The van der Waals surface area contributed by atoms with Gasteiger partial charge < -0.3 is 19.9 Å². The van der Waals surface area contributed by atoms with Crippen LogP contribution in [-0.2, 0) is 11.2 Å². The van der Waals surface area contributed by atoms with Gasteiger partial charge >= 0.3 is 0 Å². The number of aliphatic imine (C=N–C) groups is 1. The summed E-state index contributed by atoms with van der Waals surface area (Å²) >= 11 is 1.51. The minimum Gasteiger partial charge on any atom is -0.378 e. The number of aryl methyl sites for hydroxylation is 1. The number of nitrogens with one attached hydrogen (secondary N) is 1. The predicted molar refractivity (Wildman–Crippen MR) is 129 cm³/mol. The Morgan fingerprint density at radius 1 is 1.21 bits per heavy atom. The van der Waals surface area contributed by atoms with Gasteiger partial charge in [-0.15, -0.1) is 24.0 Å². The molecule has 0 saturated carbocycles. The lowest BCUT2D eigenvalue weighted by molar-refractivity contribution is 0.0266. The summed E-state index contributed by atoms with van der Waals surface area (Å²) in [6.07, 6.45) is 2.14. The van der Waals surface area contributed by atoms with E-state index in [9.17, 15) is 0 Å². The van der Waals surface area contributed by atoms with E-state index >= 15 is 0 Å². The first kappa shape index (κ1) is 25.4. The summed E-state index contributed by atoms with van der Waals surface area (Å²) in [5, 5.41) is 4.49. The standard InChI is InChI=1S/C19H36N6OS.HI/c1-6-17-22-19(27-23-17)25-13-11-24(12-14-25)18(20-7-2)21-10-9-16(15(4)5)26-8-3;/h15-16H,6-14H2,1-5H3,(H,20,21);1H. The van der Waals surface area contributed by atoms with Gasteiger partial charge in [0.15, 0.2) is 5.96 Å². The second-order valence-electron chi connectivity index (χ2n) is 7.08. The van der Waals surface area contributed by atoms with E-state index in [0.29, 0.717) is 5.92 Å². The highest BCUT2D eigenvalue weighted by atomic mass is 127. The third-order valence-electron chi connectivity index (χ3n) is 4.76. The van der Waals surface area contributed by atoms with E-state index in [0.717, 1.165) is 75.6 Å². The van der Waals surface area contributed by atoms with Crippen LogP contribution < -0.4 is 10.2 Å². The van der Waals surface area contributed by atoms with Gasteiger partial charge in [-0.2, -0.15) is 4.37 Å². The molecule has 1 N–H and O–H groups in total. The van der Waals surface area contributed by atoms with Crippen molar-refractivity contribution in [2.45, 2.75) is 53.6 Å². The number of guanidine groups is 1. The Kier molecular flexibility index (Phi) is 12.2. The van der Waals surface area contributed by atoms with Gasteiger partial charge in [-0.05, 0) is 26.2 Å². The van der Waals surface area contributed by atoms with Crippen molar-refractivity contribution in [3.63, 3.8) is 0 Å². The zero-order valence-corrected chi connectivity index (χ0v) is 21.1. The maximum atomic E-state index is 5.84. The van der Waals surface area contributed by atoms with Crippen molar-refractivity contribution in [3.8, 4) is 0 Å². The fourth-order valence-corrected chi connectivity index (χ4v) is 3.97. The van der Waals surface area contributed by atoms with E-state index in [1.54, 1.807) is 0 Å². The molecule has 0 aromatic carbocycles. The Bertz CT molecular complexity index is 575. The molecule has 0 amide bonds. The van der Waals surface area contributed by atoms with E-state index in [1.807, 2.05) is 0 Å². The van der Waals surface area contributed by atoms with Crippen LogP contribution in [0.5, 0.6) is 0 Å². The van der Waals surface area contributed by atoms with Gasteiger partial charge in [-0.25, -0.2) is 4.98 Å². The van der Waals surface area contributed by atoms with Crippen LogP contribution in [0.4, 0.5) is 5.13 Å². The summed E-state index contributed by atoms with van der Waals surface area (Å²) in [5.74, 6) is 2.48. The van der Waals surface area contributed by atoms with Gasteiger partial charge in [-0.3, -0.25) is 4.99 Å². The number of piperazine rings is 1. The molecule has 0 aliphatic carbocycles. The highest BCUT2D eigenvalue weighted by Crippen LogP contribution is 2.19. The van der Waals surface area contributed by atoms with Gasteiger partial charge in [0.2, 0.25) is 5.13 Å². The maximum Gasteiger partial charge on any atom is 0.205 e. The predicted octanol–water partition coefficient (Wildman–Crippen LogP) is 3.26. The van der Waals surface area contributed by atoms with Crippen LogP contribution in [0.3, 0.4) is 0 Å². The lowest BCUT2D eigenvalue weighted by Gasteiger charge is -2.36. The number of nitrogens with zero attached hydrogens (tertiary/aromatic N) is 5. The van der Waals surface area contributed by atoms with Crippen LogP contribution in [0.25, 0.3) is 0 Å². The summed E-state index contributed by atoms with van der Waals surface area (Å²) in [4.78, 5) is 14.2. The Hall–Kier alpha value is -0.680. The van der Waals surface area contributed by atoms with Crippen LogP contribution >= 0.6 is 35.5 Å². The van der Waals surface area contributed by atoms with Crippen LogP contribution in [0.1, 0.15) is 46.9 Å². The number of hydrogen-bond donors (Lipinski definition) is 1. The number of halogens is 1. The van der Waals surface area contributed by atoms with Crippen molar-refractivity contribution < 1.29 is 4.74 Å². The van der Waals surface area contributed by atoms with Crippen molar-refractivity contribution in [1.29, 1.82) is 0 Å². The maximum absolute atomic E-state index is 5.84. The first-order valence-corrected chi connectivity index (χ1v) is 11.1. The minimum atomic E-state index is 0. The van der Waals surface area contributed by atoms with Crippen molar-refractivity contribution in [1.82, 2.24) is 19.6 Å². The molecule has 2 rings (SSSR count). The molecule has 1 aromatic heterocycles. The average Bonchev–Trinajstić information content (AvgIpc) is 3.16. The molecule has 28 heavy (non-hydrogen) atoms. The zero-order chi connectivity index (χ0) is 19.6. The number of ether oxygens (including phenoxy) is 1. The molecule has 0 spiro atoms. The molecule has 0 radical (unpaired) electrons. The first-order valence-electron chi connectivity index (χ1n) is 10.3. The topological polar surface area (TPSA) is 65.9 Å². The van der Waals surface area contributed by atoms with E-state index in [1.165, 1.54) is 11.5 Å². The highest BCUT2D eigenvalue weighted by molar-refractivity contribution is 14.0. The molecule has 1 unspecified atom stereocenters. The van der Waals surface area contributed by atoms with Crippen LogP contribution in [0.15, 0.2) is 4.99 Å². The first-order chi connectivity index (χ1) is 13.1. The minimum absolute atomic E-state index is 0. The summed E-state index contributed by atoms with van der Waals surface area (Å²) < 4.78 is 10.3. The monoisotopic (exact) mass is 524 g/mol. The van der Waals surface area contributed by atoms with Crippen LogP contribution in [0, 0.1) is 5.92 Å². The van der Waals surface area contributed by atoms with Crippen LogP contribution in [-0.4, -0.2) is 72.2 Å². The van der Waals surface area contributed by atoms with Crippen molar-refractivity contribution >= 4 is 46.6 Å². The molecule has 0 bridgehead atoms. The molecule has 1 atom stereocenters. The second-order valence-corrected chi connectivity index (χ2v) is 7.81. The van der Waals surface area contributed by atoms with Gasteiger partial charge in [0.05, 0.1) is 6.10 Å². The SMILES string of the molecule is CCNC(=NCCC(OCC)C(C)C)N1CCN(c2nc(CC)ns2)CC1.I. The lowest BCUT2D eigenvalue weighted by atomic mass is 10.0. The molecule has 1 saturated heterocycles. The largest absolute Gasteiger partial charge is 0.378 e. The van der Waals surface area contributed by atoms with Crippen LogP contribution in [0.2, 0.25) is 0 Å². The Morgan fingerprint density at radius 3 is 2.46 bits per heavy atom. The second kappa shape index (κ2) is 13.5. The van der Waals surface area contributed by atoms with Crippen molar-refractivity contribution in [3.05, 3.63) is 5.82 Å². The summed E-state index contributed by atoms with van der Waals surface area (Å²) in [5.41, 5.74) is 0. The average molecular weight is 525 g/mol. The van der Waals surface area contributed by atoms with E-state index < -0.39 is 0 Å². The molecule has 7 nitrogen and oxygen atoms in total. The molecule has 1 aromatic rings. The van der Waals surface area contributed by atoms with Crippen molar-refractivity contribution in [2.75, 3.05) is 50.8 Å². The molecule has 1 aliphatic heterocycles. The molecule has 1 aliphatic rings. The van der Waals surface area contributed by atoms with Crippen molar-refractivity contribution in [2.24, 2.45) is 10.9 Å². The van der Waals surface area contributed by atoms with Gasteiger partial charge in [-0.1, -0.05) is 20.8 Å². The lowest BCUT2D eigenvalue weighted by Crippen LogP contribution is -2.52. The van der Waals surface area contributed by atoms with E-state index in [2.05, 4.69) is 59.1 Å². The number of rotatable bonds is 9.